The monoisotopic (exact) mass is 1030 g/mol. The van der Waals surface area contributed by atoms with Crippen LogP contribution in [0.1, 0.15) is 70.1 Å². The molecule has 404 valence electrons. The highest BCUT2D eigenvalue weighted by Gasteiger charge is 2.35. The van der Waals surface area contributed by atoms with Gasteiger partial charge >= 0.3 is 5.97 Å². The average molecular weight is 1030 g/mol. The maximum absolute atomic E-state index is 14.6. The van der Waals surface area contributed by atoms with Crippen LogP contribution in [0.3, 0.4) is 0 Å². The van der Waals surface area contributed by atoms with Crippen molar-refractivity contribution in [2.75, 3.05) is 19.7 Å². The van der Waals surface area contributed by atoms with Gasteiger partial charge in [-0.3, -0.25) is 38.6 Å². The summed E-state index contributed by atoms with van der Waals surface area (Å²) in [4.78, 5) is 113. The smallest absolute Gasteiger partial charge is 0.326 e. The SMILES string of the molecule is CCC(C)C(NC(=O)C(N)CO)C(=O)NC(Cc1ccc(O)cc1)C(=O)NC(CCCN=C(N)N)C(=O)NC(Cc1ccc(O)cc1)C(=O)NC(Cc1ccc(O)cc1)C(=O)NCC(=O)NC(CC(C)C)C(=O)O. The summed E-state index contributed by atoms with van der Waals surface area (Å²) in [6, 6.07) is 7.47. The van der Waals surface area contributed by atoms with E-state index in [-0.39, 0.29) is 74.2 Å². The first-order valence-electron chi connectivity index (χ1n) is 24.1. The van der Waals surface area contributed by atoms with Crippen molar-refractivity contribution in [1.82, 2.24) is 37.2 Å². The Balaban J connectivity index is 2.03. The third kappa shape index (κ3) is 21.0. The Kier molecular flexibility index (Phi) is 24.6. The number of nitrogens with two attached hydrogens (primary N) is 3. The van der Waals surface area contributed by atoms with Crippen molar-refractivity contribution in [3.63, 3.8) is 0 Å². The molecule has 0 bridgehead atoms. The van der Waals surface area contributed by atoms with Crippen LogP contribution in [0.15, 0.2) is 77.8 Å². The highest BCUT2D eigenvalue weighted by molar-refractivity contribution is 5.97. The molecule has 3 rings (SSSR count). The molecule has 24 nitrogen and oxygen atoms in total. The van der Waals surface area contributed by atoms with Gasteiger partial charge in [-0.05, 0) is 84.2 Å². The first-order chi connectivity index (χ1) is 35.0. The van der Waals surface area contributed by atoms with E-state index in [1.165, 1.54) is 72.8 Å². The molecule has 0 aliphatic rings. The molecular weight excluding hydrogens is 963 g/mol. The predicted molar refractivity (Wildman–Crippen MR) is 272 cm³/mol. The number of amides is 7. The van der Waals surface area contributed by atoms with Gasteiger partial charge in [-0.1, -0.05) is 70.5 Å². The number of phenolic OH excluding ortho intramolecular Hbond substituents is 3. The highest BCUT2D eigenvalue weighted by atomic mass is 16.4. The van der Waals surface area contributed by atoms with Gasteiger partial charge in [-0.2, -0.15) is 0 Å². The van der Waals surface area contributed by atoms with Gasteiger partial charge < -0.3 is 80.0 Å². The Morgan fingerprint density at radius 1 is 0.568 bits per heavy atom. The van der Waals surface area contributed by atoms with Gasteiger partial charge in [0.2, 0.25) is 41.4 Å². The molecule has 7 amide bonds. The first kappa shape index (κ1) is 60.3. The summed E-state index contributed by atoms with van der Waals surface area (Å²) in [5.74, 6) is -8.38. The van der Waals surface area contributed by atoms with E-state index in [1.807, 2.05) is 0 Å². The van der Waals surface area contributed by atoms with Crippen LogP contribution in [0.2, 0.25) is 0 Å². The molecule has 0 fully saturated rings. The third-order valence-electron chi connectivity index (χ3n) is 11.7. The van der Waals surface area contributed by atoms with Crippen molar-refractivity contribution >= 4 is 53.3 Å². The van der Waals surface area contributed by atoms with Crippen LogP contribution in [-0.4, -0.2) is 141 Å². The van der Waals surface area contributed by atoms with Gasteiger partial charge in [-0.25, -0.2) is 4.79 Å². The number of nitrogens with zero attached hydrogens (tertiary/aromatic N) is 1. The second kappa shape index (κ2) is 30.1. The van der Waals surface area contributed by atoms with E-state index in [2.05, 4.69) is 42.2 Å². The molecule has 18 N–H and O–H groups in total. The van der Waals surface area contributed by atoms with Gasteiger partial charge in [0.15, 0.2) is 5.96 Å². The molecule has 0 aromatic heterocycles. The molecule has 3 aromatic rings. The van der Waals surface area contributed by atoms with Crippen molar-refractivity contribution in [3.8, 4) is 17.2 Å². The van der Waals surface area contributed by atoms with E-state index in [1.54, 1.807) is 27.7 Å². The minimum Gasteiger partial charge on any atom is -0.508 e. The lowest BCUT2D eigenvalue weighted by atomic mass is 9.96. The minimum absolute atomic E-state index is 0.000105. The summed E-state index contributed by atoms with van der Waals surface area (Å²) < 4.78 is 0. The number of rotatable bonds is 30. The number of phenols is 3. The number of benzene rings is 3. The van der Waals surface area contributed by atoms with Crippen molar-refractivity contribution in [1.29, 1.82) is 0 Å². The summed E-state index contributed by atoms with van der Waals surface area (Å²) >= 11 is 0. The molecule has 0 heterocycles. The number of carboxylic acid groups (broad SMARTS) is 1. The zero-order valence-electron chi connectivity index (χ0n) is 41.9. The summed E-state index contributed by atoms with van der Waals surface area (Å²) in [7, 11) is 0. The maximum atomic E-state index is 14.6. The summed E-state index contributed by atoms with van der Waals surface area (Å²) in [5, 5.41) is 67.0. The molecule has 0 radical (unpaired) electrons. The standard InChI is InChI=1S/C50H71N11O13/c1-5-28(4)42(61-43(67)35(51)26-62)48(72)60-39(24-31-12-18-34(65)19-13-31)46(70)57-36(7-6-20-54-50(52)53)45(69)59-38(23-30-10-16-33(64)17-11-30)47(71)58-37(22-29-8-14-32(63)15-9-29)44(68)55-25-41(66)56-40(49(73)74)21-27(2)3/h8-19,27-28,35-40,42,62-65H,5-7,20-26,51H2,1-4H3,(H,55,68)(H,56,66)(H,57,70)(H,58,71)(H,59,69)(H,60,72)(H,61,67)(H,73,74)(H4,52,53,54). The lowest BCUT2D eigenvalue weighted by Crippen LogP contribution is -2.61. The topological polar surface area (TPSA) is 412 Å². The fourth-order valence-corrected chi connectivity index (χ4v) is 7.36. The fourth-order valence-electron chi connectivity index (χ4n) is 7.36. The number of aliphatic carboxylic acids is 1. The number of aliphatic hydroxyl groups excluding tert-OH is 1. The predicted octanol–water partition coefficient (Wildman–Crippen LogP) is -1.59. The normalized spacial score (nSPS) is 14.3. The van der Waals surface area contributed by atoms with E-state index in [0.29, 0.717) is 23.1 Å². The van der Waals surface area contributed by atoms with E-state index in [0.717, 1.165) is 0 Å². The van der Waals surface area contributed by atoms with Crippen molar-refractivity contribution < 1.29 is 63.9 Å². The van der Waals surface area contributed by atoms with Crippen LogP contribution < -0.4 is 54.4 Å². The van der Waals surface area contributed by atoms with Crippen LogP contribution in [0, 0.1) is 11.8 Å². The Labute approximate surface area is 428 Å². The molecule has 24 heteroatoms. The van der Waals surface area contributed by atoms with Crippen molar-refractivity contribution in [3.05, 3.63) is 89.5 Å². The van der Waals surface area contributed by atoms with Crippen LogP contribution in [0.25, 0.3) is 0 Å². The molecule has 0 spiro atoms. The first-order valence-corrected chi connectivity index (χ1v) is 24.1. The summed E-state index contributed by atoms with van der Waals surface area (Å²) in [6.45, 7) is 5.62. The molecule has 0 saturated heterocycles. The lowest BCUT2D eigenvalue weighted by Gasteiger charge is -2.29. The largest absolute Gasteiger partial charge is 0.508 e. The average Bonchev–Trinajstić information content (AvgIpc) is 3.35. The summed E-state index contributed by atoms with van der Waals surface area (Å²) in [6.07, 6.45) is -0.155. The highest BCUT2D eigenvalue weighted by Crippen LogP contribution is 2.17. The number of carbonyl (C=O) groups is 8. The van der Waals surface area contributed by atoms with Crippen LogP contribution >= 0.6 is 0 Å². The number of carbonyl (C=O) groups excluding carboxylic acids is 7. The zero-order valence-corrected chi connectivity index (χ0v) is 41.9. The number of hydrogen-bond donors (Lipinski definition) is 15. The van der Waals surface area contributed by atoms with Gasteiger partial charge in [0.25, 0.3) is 0 Å². The quantitative estimate of drug-likeness (QED) is 0.0203. The molecule has 3 aromatic carbocycles. The van der Waals surface area contributed by atoms with Gasteiger partial charge in [0.1, 0.15) is 59.5 Å². The number of guanidine groups is 1. The number of carboxylic acids is 1. The van der Waals surface area contributed by atoms with Gasteiger partial charge in [0.05, 0.1) is 13.2 Å². The molecule has 74 heavy (non-hydrogen) atoms. The van der Waals surface area contributed by atoms with E-state index < -0.39 is 109 Å². The molecule has 0 saturated carbocycles. The van der Waals surface area contributed by atoms with Crippen LogP contribution in [0.5, 0.6) is 17.2 Å². The number of aliphatic imine (C=N–C) groups is 1. The van der Waals surface area contributed by atoms with Crippen molar-refractivity contribution in [2.24, 2.45) is 34.0 Å². The third-order valence-corrected chi connectivity index (χ3v) is 11.7. The fraction of sp³-hybridized carbons (Fsp3) is 0.460. The lowest BCUT2D eigenvalue weighted by molar-refractivity contribution is -0.142. The van der Waals surface area contributed by atoms with E-state index in [4.69, 9.17) is 17.2 Å². The Morgan fingerprint density at radius 3 is 1.39 bits per heavy atom. The molecule has 8 unspecified atom stereocenters. The number of aliphatic hydroxyl groups is 1. The molecular formula is C50H71N11O13. The van der Waals surface area contributed by atoms with E-state index >= 15 is 0 Å². The van der Waals surface area contributed by atoms with Gasteiger partial charge in [0, 0.05) is 25.8 Å². The number of hydrogen-bond acceptors (Lipinski definition) is 14. The zero-order chi connectivity index (χ0) is 55.1. The molecule has 0 aliphatic heterocycles. The minimum atomic E-state index is -1.51. The second-order valence-electron chi connectivity index (χ2n) is 18.3. The Bertz CT molecular complexity index is 2380. The van der Waals surface area contributed by atoms with E-state index in [9.17, 15) is 63.9 Å². The Morgan fingerprint density at radius 2 is 0.986 bits per heavy atom. The number of nitrogens with one attached hydrogen (secondary N) is 7. The van der Waals surface area contributed by atoms with Crippen LogP contribution in [-0.2, 0) is 57.6 Å². The van der Waals surface area contributed by atoms with Crippen molar-refractivity contribution in [2.45, 2.75) is 115 Å². The number of aromatic hydroxyl groups is 3. The van der Waals surface area contributed by atoms with Crippen LogP contribution in [0.4, 0.5) is 0 Å². The molecule has 8 atom stereocenters. The maximum Gasteiger partial charge on any atom is 0.326 e. The molecule has 0 aliphatic carbocycles. The second-order valence-corrected chi connectivity index (χ2v) is 18.3. The van der Waals surface area contributed by atoms with Gasteiger partial charge in [-0.15, -0.1) is 0 Å². The Hall–Kier alpha value is -7.99. The summed E-state index contributed by atoms with van der Waals surface area (Å²) in [5.41, 5.74) is 18.2.